The molecule has 3 atom stereocenters. The van der Waals surface area contributed by atoms with Gasteiger partial charge >= 0.3 is 11.4 Å². The summed E-state index contributed by atoms with van der Waals surface area (Å²) in [5, 5.41) is 0. The van der Waals surface area contributed by atoms with Gasteiger partial charge in [0.25, 0.3) is 0 Å². The predicted octanol–water partition coefficient (Wildman–Crippen LogP) is 4.29. The second kappa shape index (κ2) is 9.54. The lowest BCUT2D eigenvalue weighted by Crippen LogP contribution is -2.37. The topological polar surface area (TPSA) is 44.8 Å². The molecular formula is C21H22O4S. The zero-order chi connectivity index (χ0) is 18.2. The van der Waals surface area contributed by atoms with Gasteiger partial charge in [-0.2, -0.15) is 4.21 Å². The molecule has 2 aromatic carbocycles. The molecule has 0 bridgehead atoms. The first-order chi connectivity index (χ1) is 12.8. The van der Waals surface area contributed by atoms with E-state index in [9.17, 15) is 4.21 Å². The molecule has 0 N–H and O–H groups in total. The molecular weight excluding hydrogens is 348 g/mol. The number of hydrogen-bond acceptors (Lipinski definition) is 4. The lowest BCUT2D eigenvalue weighted by molar-refractivity contribution is 0.0242. The van der Waals surface area contributed by atoms with Crippen LogP contribution >= 0.6 is 0 Å². The van der Waals surface area contributed by atoms with Crippen LogP contribution in [0, 0.1) is 12.3 Å². The minimum atomic E-state index is -1.86. The Morgan fingerprint density at radius 3 is 2.46 bits per heavy atom. The van der Waals surface area contributed by atoms with Crippen molar-refractivity contribution in [1.29, 1.82) is 0 Å². The number of rotatable bonds is 7. The summed E-state index contributed by atoms with van der Waals surface area (Å²) in [7, 11) is 0. The third-order valence-electron chi connectivity index (χ3n) is 4.33. The number of terminal acetylenes is 1. The smallest absolute Gasteiger partial charge is 0.305 e. The van der Waals surface area contributed by atoms with Gasteiger partial charge in [-0.05, 0) is 30.9 Å². The zero-order valence-corrected chi connectivity index (χ0v) is 15.3. The molecule has 3 unspecified atom stereocenters. The van der Waals surface area contributed by atoms with Crippen molar-refractivity contribution in [2.75, 3.05) is 6.61 Å². The van der Waals surface area contributed by atoms with Crippen LogP contribution in [0.15, 0.2) is 54.6 Å². The molecule has 3 rings (SSSR count). The van der Waals surface area contributed by atoms with E-state index in [1.54, 1.807) is 0 Å². The fraction of sp³-hybridized carbons (Fsp3) is 0.333. The van der Waals surface area contributed by atoms with E-state index in [-0.39, 0.29) is 18.8 Å². The molecule has 0 aromatic heterocycles. The summed E-state index contributed by atoms with van der Waals surface area (Å²) in [5.74, 6) is 3.09. The van der Waals surface area contributed by atoms with Crippen LogP contribution in [0.4, 0.5) is 0 Å². The summed E-state index contributed by atoms with van der Waals surface area (Å²) in [6.45, 7) is -0.0400. The Bertz CT molecular complexity index is 769. The van der Waals surface area contributed by atoms with E-state index >= 15 is 0 Å². The van der Waals surface area contributed by atoms with E-state index < -0.39 is 11.4 Å². The Kier molecular flexibility index (Phi) is 6.84. The minimum absolute atomic E-state index is 0.0400. The van der Waals surface area contributed by atoms with Crippen molar-refractivity contribution in [3.05, 3.63) is 54.6 Å². The molecule has 26 heavy (non-hydrogen) atoms. The van der Waals surface area contributed by atoms with Gasteiger partial charge < -0.3 is 4.74 Å². The van der Waals surface area contributed by atoms with Crippen LogP contribution in [0.3, 0.4) is 0 Å². The highest BCUT2D eigenvalue weighted by Gasteiger charge is 2.30. The van der Waals surface area contributed by atoms with Crippen LogP contribution in [0.25, 0.3) is 11.1 Å². The van der Waals surface area contributed by atoms with Gasteiger partial charge in [-0.15, -0.1) is 6.42 Å². The van der Waals surface area contributed by atoms with Crippen LogP contribution in [0.2, 0.25) is 0 Å². The highest BCUT2D eigenvalue weighted by molar-refractivity contribution is 7.75. The molecule has 0 saturated heterocycles. The van der Waals surface area contributed by atoms with Crippen molar-refractivity contribution in [2.45, 2.75) is 37.9 Å². The van der Waals surface area contributed by atoms with Crippen LogP contribution in [-0.4, -0.2) is 23.0 Å². The predicted molar refractivity (Wildman–Crippen MR) is 103 cm³/mol. The summed E-state index contributed by atoms with van der Waals surface area (Å²) in [4.78, 5) is 0. The Hall–Kier alpha value is -2.13. The van der Waals surface area contributed by atoms with E-state index in [2.05, 4.69) is 18.1 Å². The average molecular weight is 370 g/mol. The zero-order valence-electron chi connectivity index (χ0n) is 14.5. The first-order valence-corrected chi connectivity index (χ1v) is 9.74. The molecule has 2 aromatic rings. The Balaban J connectivity index is 1.74. The van der Waals surface area contributed by atoms with Crippen LogP contribution in [0.5, 0.6) is 5.75 Å². The third-order valence-corrected chi connectivity index (χ3v) is 5.05. The van der Waals surface area contributed by atoms with Gasteiger partial charge in [-0.1, -0.05) is 60.9 Å². The lowest BCUT2D eigenvalue weighted by atomic mass is 9.94. The summed E-state index contributed by atoms with van der Waals surface area (Å²) in [5.41, 5.74) is 2.12. The van der Waals surface area contributed by atoms with Crippen molar-refractivity contribution >= 4 is 11.4 Å². The summed E-state index contributed by atoms with van der Waals surface area (Å²) in [6.07, 6.45) is 8.35. The molecule has 0 amide bonds. The van der Waals surface area contributed by atoms with E-state index in [0.717, 1.165) is 42.6 Å². The first kappa shape index (κ1) is 18.7. The minimum Gasteiger partial charge on any atom is -0.487 e. The van der Waals surface area contributed by atoms with E-state index in [4.69, 9.17) is 19.5 Å². The monoisotopic (exact) mass is 370 g/mol. The Labute approximate surface area is 157 Å². The second-order valence-electron chi connectivity index (χ2n) is 6.11. The summed E-state index contributed by atoms with van der Waals surface area (Å²) < 4.78 is 28.7. The van der Waals surface area contributed by atoms with Crippen molar-refractivity contribution < 1.29 is 17.3 Å². The highest BCUT2D eigenvalue weighted by atomic mass is 32.2. The van der Waals surface area contributed by atoms with Gasteiger partial charge in [0.15, 0.2) is 0 Å². The highest BCUT2D eigenvalue weighted by Crippen LogP contribution is 2.33. The van der Waals surface area contributed by atoms with E-state index in [1.807, 2.05) is 42.5 Å². The molecule has 1 fully saturated rings. The van der Waals surface area contributed by atoms with Gasteiger partial charge in [0, 0.05) is 5.56 Å². The number of para-hydroxylation sites is 1. The van der Waals surface area contributed by atoms with Crippen molar-refractivity contribution in [1.82, 2.24) is 0 Å². The Morgan fingerprint density at radius 2 is 1.69 bits per heavy atom. The van der Waals surface area contributed by atoms with Crippen molar-refractivity contribution in [3.8, 4) is 29.2 Å². The SMILES string of the molecule is C#CCOS(=O)OC1CCCCC1Oc1ccccc1-c1ccccc1. The molecule has 0 heterocycles. The normalized spacial score (nSPS) is 20.9. The van der Waals surface area contributed by atoms with Crippen molar-refractivity contribution in [2.24, 2.45) is 0 Å². The van der Waals surface area contributed by atoms with Gasteiger partial charge in [-0.3, -0.25) is 8.37 Å². The quantitative estimate of drug-likeness (QED) is 0.682. The number of ether oxygens (including phenoxy) is 1. The summed E-state index contributed by atoms with van der Waals surface area (Å²) in [6, 6.07) is 18.1. The van der Waals surface area contributed by atoms with Gasteiger partial charge in [0.2, 0.25) is 0 Å². The summed E-state index contributed by atoms with van der Waals surface area (Å²) >= 11 is -1.86. The molecule has 0 radical (unpaired) electrons. The molecule has 0 aliphatic heterocycles. The van der Waals surface area contributed by atoms with Crippen LogP contribution < -0.4 is 4.74 Å². The average Bonchev–Trinajstić information content (AvgIpc) is 2.69. The number of hydrogen-bond donors (Lipinski definition) is 0. The standard InChI is InChI=1S/C21H22O4S/c1-2-16-23-26(22)25-21-15-9-8-14-20(21)24-19-13-7-6-12-18(19)17-10-4-3-5-11-17/h1,3-7,10-13,20-21H,8-9,14-16H2. The molecule has 1 aliphatic rings. The largest absolute Gasteiger partial charge is 0.487 e. The maximum Gasteiger partial charge on any atom is 0.305 e. The first-order valence-electron chi connectivity index (χ1n) is 8.74. The van der Waals surface area contributed by atoms with E-state index in [1.165, 1.54) is 0 Å². The van der Waals surface area contributed by atoms with Gasteiger partial charge in [0.1, 0.15) is 24.6 Å². The van der Waals surface area contributed by atoms with Gasteiger partial charge in [-0.25, -0.2) is 0 Å². The molecule has 5 heteroatoms. The molecule has 4 nitrogen and oxygen atoms in total. The Morgan fingerprint density at radius 1 is 1.00 bits per heavy atom. The van der Waals surface area contributed by atoms with Crippen LogP contribution in [0.1, 0.15) is 25.7 Å². The van der Waals surface area contributed by atoms with Crippen molar-refractivity contribution in [3.63, 3.8) is 0 Å². The fourth-order valence-electron chi connectivity index (χ4n) is 3.11. The molecule has 1 aliphatic carbocycles. The number of benzene rings is 2. The maximum atomic E-state index is 11.9. The van der Waals surface area contributed by atoms with Crippen LogP contribution in [-0.2, 0) is 19.7 Å². The lowest BCUT2D eigenvalue weighted by Gasteiger charge is -2.31. The van der Waals surface area contributed by atoms with E-state index in [0.29, 0.717) is 0 Å². The fourth-order valence-corrected chi connectivity index (χ4v) is 3.75. The maximum absolute atomic E-state index is 11.9. The molecule has 136 valence electrons. The second-order valence-corrected chi connectivity index (χ2v) is 6.94. The molecule has 1 saturated carbocycles. The molecule has 0 spiro atoms. The third kappa shape index (κ3) is 4.95. The van der Waals surface area contributed by atoms with Gasteiger partial charge in [0.05, 0.1) is 0 Å².